The molecule has 1 heterocycles. The Balaban J connectivity index is 1.54. The molecule has 0 bridgehead atoms. The molecule has 0 aliphatic heterocycles. The lowest BCUT2D eigenvalue weighted by Crippen LogP contribution is -2.04. The number of hydrogen-bond donors (Lipinski definition) is 1. The Labute approximate surface area is 187 Å². The van der Waals surface area contributed by atoms with Crippen molar-refractivity contribution in [2.24, 2.45) is 5.10 Å². The Morgan fingerprint density at radius 3 is 1.88 bits per heavy atom. The number of anilines is 1. The van der Waals surface area contributed by atoms with E-state index >= 15 is 0 Å². The first kappa shape index (κ1) is 19.6. The fraction of sp³-hybridized carbons (Fsp3) is 0.0357. The average Bonchev–Trinajstić information content (AvgIpc) is 2.88. The summed E-state index contributed by atoms with van der Waals surface area (Å²) >= 11 is 0. The number of nitrogens with one attached hydrogen (secondary N) is 1. The second-order valence-corrected chi connectivity index (χ2v) is 7.53. The van der Waals surface area contributed by atoms with E-state index < -0.39 is 0 Å². The summed E-state index contributed by atoms with van der Waals surface area (Å²) in [5.74, 6) is 0.463. The number of fused-ring (bicyclic) bond motifs is 1. The van der Waals surface area contributed by atoms with Crippen LogP contribution in [0, 0.1) is 0 Å². The summed E-state index contributed by atoms with van der Waals surface area (Å²) in [5, 5.41) is 6.98. The van der Waals surface area contributed by atoms with Gasteiger partial charge in [0.1, 0.15) is 0 Å². The van der Waals surface area contributed by atoms with Crippen molar-refractivity contribution in [3.05, 3.63) is 115 Å². The van der Waals surface area contributed by atoms with Crippen molar-refractivity contribution in [3.8, 4) is 22.5 Å². The topological polar surface area (TPSA) is 50.2 Å². The molecule has 1 N–H and O–H groups in total. The van der Waals surface area contributed by atoms with Gasteiger partial charge in [0.25, 0.3) is 0 Å². The molecule has 0 unspecified atom stereocenters. The van der Waals surface area contributed by atoms with Crippen LogP contribution in [0.15, 0.2) is 114 Å². The van der Waals surface area contributed by atoms with Gasteiger partial charge in [-0.2, -0.15) is 5.10 Å². The van der Waals surface area contributed by atoms with Gasteiger partial charge in [0.15, 0.2) is 0 Å². The van der Waals surface area contributed by atoms with Gasteiger partial charge >= 0.3 is 0 Å². The fourth-order valence-electron chi connectivity index (χ4n) is 3.75. The molecular formula is C28H22N4. The second kappa shape index (κ2) is 8.82. The molecule has 0 saturated carbocycles. The molecule has 32 heavy (non-hydrogen) atoms. The molecule has 4 nitrogen and oxygen atoms in total. The number of hydrazone groups is 1. The zero-order valence-electron chi connectivity index (χ0n) is 17.7. The Morgan fingerprint density at radius 1 is 0.656 bits per heavy atom. The molecule has 0 radical (unpaired) electrons. The van der Waals surface area contributed by atoms with Gasteiger partial charge in [-0.25, -0.2) is 15.4 Å². The van der Waals surface area contributed by atoms with Gasteiger partial charge in [0.05, 0.1) is 17.1 Å². The van der Waals surface area contributed by atoms with Gasteiger partial charge in [-0.05, 0) is 23.8 Å². The molecule has 0 atom stereocenters. The highest BCUT2D eigenvalue weighted by molar-refractivity contribution is 6.09. The maximum absolute atomic E-state index is 4.73. The summed E-state index contributed by atoms with van der Waals surface area (Å²) in [4.78, 5) is 9.46. The number of benzene rings is 4. The minimum Gasteiger partial charge on any atom is -0.245 e. The normalized spacial score (nSPS) is 11.5. The Bertz CT molecular complexity index is 1330. The zero-order chi connectivity index (χ0) is 21.8. The lowest BCUT2D eigenvalue weighted by atomic mass is 10.0. The van der Waals surface area contributed by atoms with Crippen LogP contribution in [0.25, 0.3) is 33.3 Å². The lowest BCUT2D eigenvalue weighted by molar-refractivity contribution is 1.12. The van der Waals surface area contributed by atoms with E-state index in [0.29, 0.717) is 5.95 Å². The van der Waals surface area contributed by atoms with Crippen LogP contribution < -0.4 is 5.43 Å². The third-order valence-electron chi connectivity index (χ3n) is 5.37. The monoisotopic (exact) mass is 414 g/mol. The highest BCUT2D eigenvalue weighted by Gasteiger charge is 2.09. The van der Waals surface area contributed by atoms with Crippen molar-refractivity contribution in [2.75, 3.05) is 5.43 Å². The van der Waals surface area contributed by atoms with Crippen molar-refractivity contribution in [3.63, 3.8) is 0 Å². The van der Waals surface area contributed by atoms with Crippen molar-refractivity contribution in [1.82, 2.24) is 9.97 Å². The van der Waals surface area contributed by atoms with E-state index in [-0.39, 0.29) is 0 Å². The fourth-order valence-corrected chi connectivity index (χ4v) is 3.75. The number of rotatable bonds is 5. The standard InChI is InChI=1S/C28H22N4/c1-20(24-18-10-16-21-11-8-9-17-25(21)24)31-32-28-29-26(22-12-4-2-5-13-22)19-27(30-28)23-14-6-3-7-15-23/h2-19H,1H3,(H,29,30,32)/b31-20-. The minimum atomic E-state index is 0.463. The third-order valence-corrected chi connectivity index (χ3v) is 5.37. The molecule has 154 valence electrons. The van der Waals surface area contributed by atoms with Crippen LogP contribution in [0.5, 0.6) is 0 Å². The molecule has 0 spiro atoms. The van der Waals surface area contributed by atoms with Crippen LogP contribution in [0.1, 0.15) is 12.5 Å². The Hall–Kier alpha value is -4.31. The molecule has 0 amide bonds. The van der Waals surface area contributed by atoms with Crippen LogP contribution in [-0.4, -0.2) is 15.7 Å². The Kier molecular flexibility index (Phi) is 5.41. The minimum absolute atomic E-state index is 0.463. The van der Waals surface area contributed by atoms with Crippen LogP contribution in [-0.2, 0) is 0 Å². The molecule has 0 aliphatic carbocycles. The van der Waals surface area contributed by atoms with E-state index in [9.17, 15) is 0 Å². The van der Waals surface area contributed by atoms with Gasteiger partial charge in [0.2, 0.25) is 5.95 Å². The number of nitrogens with zero attached hydrogens (tertiary/aromatic N) is 3. The zero-order valence-corrected chi connectivity index (χ0v) is 17.7. The number of aromatic nitrogens is 2. The predicted molar refractivity (Wildman–Crippen MR) is 133 cm³/mol. The first-order valence-electron chi connectivity index (χ1n) is 10.6. The maximum atomic E-state index is 4.73. The van der Waals surface area contributed by atoms with Crippen molar-refractivity contribution >= 4 is 22.4 Å². The molecule has 4 aromatic carbocycles. The summed E-state index contributed by atoms with van der Waals surface area (Å²) in [7, 11) is 0. The second-order valence-electron chi connectivity index (χ2n) is 7.53. The quantitative estimate of drug-likeness (QED) is 0.254. The maximum Gasteiger partial charge on any atom is 0.244 e. The Morgan fingerprint density at radius 2 is 1.22 bits per heavy atom. The van der Waals surface area contributed by atoms with Crippen molar-refractivity contribution < 1.29 is 0 Å². The van der Waals surface area contributed by atoms with Crippen LogP contribution in [0.3, 0.4) is 0 Å². The largest absolute Gasteiger partial charge is 0.245 e. The summed E-state index contributed by atoms with van der Waals surface area (Å²) in [5.41, 5.74) is 8.81. The summed E-state index contributed by atoms with van der Waals surface area (Å²) < 4.78 is 0. The smallest absolute Gasteiger partial charge is 0.244 e. The van der Waals surface area contributed by atoms with E-state index in [0.717, 1.165) is 33.8 Å². The van der Waals surface area contributed by atoms with Gasteiger partial charge in [-0.15, -0.1) is 0 Å². The molecule has 0 aliphatic rings. The molecule has 4 heteroatoms. The van der Waals surface area contributed by atoms with Crippen molar-refractivity contribution in [2.45, 2.75) is 6.92 Å². The molecular weight excluding hydrogens is 392 g/mol. The highest BCUT2D eigenvalue weighted by Crippen LogP contribution is 2.25. The number of hydrogen-bond acceptors (Lipinski definition) is 4. The van der Waals surface area contributed by atoms with E-state index in [2.05, 4.69) is 40.9 Å². The first-order chi connectivity index (χ1) is 15.8. The summed E-state index contributed by atoms with van der Waals surface area (Å²) in [6.07, 6.45) is 0. The molecule has 5 aromatic rings. The third kappa shape index (κ3) is 4.12. The van der Waals surface area contributed by atoms with Crippen LogP contribution in [0.4, 0.5) is 5.95 Å². The SMILES string of the molecule is C/C(=N/Nc1nc(-c2ccccc2)cc(-c2ccccc2)n1)c1cccc2ccccc12. The van der Waals surface area contributed by atoms with Gasteiger partial charge in [0, 0.05) is 16.7 Å². The molecule has 0 fully saturated rings. The van der Waals surface area contributed by atoms with E-state index in [1.54, 1.807) is 0 Å². The molecule has 5 rings (SSSR count). The summed E-state index contributed by atoms with van der Waals surface area (Å²) in [6.45, 7) is 1.99. The van der Waals surface area contributed by atoms with E-state index in [1.807, 2.05) is 85.8 Å². The lowest BCUT2D eigenvalue weighted by Gasteiger charge is -2.10. The highest BCUT2D eigenvalue weighted by atomic mass is 15.4. The predicted octanol–water partition coefficient (Wildman–Crippen LogP) is 6.80. The average molecular weight is 415 g/mol. The van der Waals surface area contributed by atoms with E-state index in [1.165, 1.54) is 10.8 Å². The van der Waals surface area contributed by atoms with Crippen LogP contribution >= 0.6 is 0 Å². The van der Waals surface area contributed by atoms with Gasteiger partial charge < -0.3 is 0 Å². The first-order valence-corrected chi connectivity index (χ1v) is 10.6. The summed E-state index contributed by atoms with van der Waals surface area (Å²) in [6, 6.07) is 36.8. The van der Waals surface area contributed by atoms with Crippen LogP contribution in [0.2, 0.25) is 0 Å². The van der Waals surface area contributed by atoms with Gasteiger partial charge in [-0.3, -0.25) is 0 Å². The van der Waals surface area contributed by atoms with Gasteiger partial charge in [-0.1, -0.05) is 103 Å². The van der Waals surface area contributed by atoms with Crippen molar-refractivity contribution in [1.29, 1.82) is 0 Å². The van der Waals surface area contributed by atoms with E-state index in [4.69, 9.17) is 9.97 Å². The molecule has 1 aromatic heterocycles. The molecule has 0 saturated heterocycles.